The summed E-state index contributed by atoms with van der Waals surface area (Å²) in [4.78, 5) is 28.1. The number of anilines is 2. The quantitative estimate of drug-likeness (QED) is 0.476. The molecule has 0 aliphatic carbocycles. The second kappa shape index (κ2) is 11.3. The first-order valence-corrected chi connectivity index (χ1v) is 12.3. The SMILES string of the molecule is CCOc1cc(N2CCOCC2)c(OCC)cc1NC(=O)CCn1c(=O)n(CC)c2ccccc21. The Balaban J connectivity index is 1.56. The van der Waals surface area contributed by atoms with Gasteiger partial charge < -0.3 is 24.4 Å². The van der Waals surface area contributed by atoms with Crippen LogP contribution in [0.4, 0.5) is 11.4 Å². The Labute approximate surface area is 205 Å². The van der Waals surface area contributed by atoms with Gasteiger partial charge in [-0.1, -0.05) is 12.1 Å². The monoisotopic (exact) mass is 482 g/mol. The number of aromatic nitrogens is 2. The molecular weight excluding hydrogens is 448 g/mol. The maximum Gasteiger partial charge on any atom is 0.329 e. The van der Waals surface area contributed by atoms with Gasteiger partial charge in [-0.2, -0.15) is 0 Å². The molecule has 0 atom stereocenters. The molecule has 0 radical (unpaired) electrons. The molecular formula is C26H34N4O5. The van der Waals surface area contributed by atoms with Gasteiger partial charge in [0.15, 0.2) is 0 Å². The molecule has 0 spiro atoms. The van der Waals surface area contributed by atoms with Crippen LogP contribution in [-0.4, -0.2) is 54.6 Å². The number of hydrogen-bond donors (Lipinski definition) is 1. The van der Waals surface area contributed by atoms with E-state index >= 15 is 0 Å². The molecule has 1 fully saturated rings. The molecule has 2 aromatic carbocycles. The Morgan fingerprint density at radius 1 is 0.971 bits per heavy atom. The van der Waals surface area contributed by atoms with E-state index in [1.165, 1.54) is 0 Å². The van der Waals surface area contributed by atoms with Gasteiger partial charge in [-0.3, -0.25) is 13.9 Å². The zero-order valence-corrected chi connectivity index (χ0v) is 20.7. The third-order valence-electron chi connectivity index (χ3n) is 6.09. The summed E-state index contributed by atoms with van der Waals surface area (Å²) in [7, 11) is 0. The van der Waals surface area contributed by atoms with Gasteiger partial charge in [0.1, 0.15) is 11.5 Å². The summed E-state index contributed by atoms with van der Waals surface area (Å²) in [6.07, 6.45) is 0.151. The lowest BCUT2D eigenvalue weighted by Gasteiger charge is -2.31. The molecule has 1 saturated heterocycles. The summed E-state index contributed by atoms with van der Waals surface area (Å²) in [5, 5.41) is 2.97. The lowest BCUT2D eigenvalue weighted by Crippen LogP contribution is -2.36. The maximum absolute atomic E-state index is 13.0. The highest BCUT2D eigenvalue weighted by molar-refractivity contribution is 5.93. The lowest BCUT2D eigenvalue weighted by atomic mass is 10.2. The van der Waals surface area contributed by atoms with Crippen molar-refractivity contribution in [1.29, 1.82) is 0 Å². The Morgan fingerprint density at radius 2 is 1.63 bits per heavy atom. The van der Waals surface area contributed by atoms with Gasteiger partial charge in [0.05, 0.1) is 48.8 Å². The highest BCUT2D eigenvalue weighted by Crippen LogP contribution is 2.39. The summed E-state index contributed by atoms with van der Waals surface area (Å²) < 4.78 is 20.7. The summed E-state index contributed by atoms with van der Waals surface area (Å²) in [6.45, 7) is 10.4. The minimum absolute atomic E-state index is 0.106. The number of aryl methyl sites for hydroxylation is 2. The summed E-state index contributed by atoms with van der Waals surface area (Å²) >= 11 is 0. The molecule has 9 heteroatoms. The first-order valence-electron chi connectivity index (χ1n) is 12.3. The van der Waals surface area contributed by atoms with Crippen molar-refractivity contribution < 1.29 is 19.0 Å². The molecule has 4 rings (SSSR count). The second-order valence-corrected chi connectivity index (χ2v) is 8.25. The summed E-state index contributed by atoms with van der Waals surface area (Å²) in [5.41, 5.74) is 3.08. The van der Waals surface area contributed by atoms with E-state index in [1.807, 2.05) is 57.2 Å². The smallest absolute Gasteiger partial charge is 0.329 e. The molecule has 1 aliphatic rings. The maximum atomic E-state index is 13.0. The van der Waals surface area contributed by atoms with Gasteiger partial charge in [0.2, 0.25) is 5.91 Å². The Hall–Kier alpha value is -3.46. The van der Waals surface area contributed by atoms with Crippen LogP contribution < -0.4 is 25.4 Å². The van der Waals surface area contributed by atoms with Crippen LogP contribution in [0.5, 0.6) is 11.5 Å². The van der Waals surface area contributed by atoms with E-state index in [2.05, 4.69) is 10.2 Å². The third-order valence-corrected chi connectivity index (χ3v) is 6.09. The van der Waals surface area contributed by atoms with Crippen molar-refractivity contribution in [3.8, 4) is 11.5 Å². The van der Waals surface area contributed by atoms with Crippen LogP contribution >= 0.6 is 0 Å². The third kappa shape index (κ3) is 5.30. The highest BCUT2D eigenvalue weighted by atomic mass is 16.5. The first-order chi connectivity index (χ1) is 17.1. The first kappa shape index (κ1) is 24.7. The Bertz CT molecular complexity index is 1230. The van der Waals surface area contributed by atoms with Crippen LogP contribution in [0.3, 0.4) is 0 Å². The topological polar surface area (TPSA) is 87.0 Å². The number of morpholine rings is 1. The molecule has 1 N–H and O–H groups in total. The number of hydrogen-bond acceptors (Lipinski definition) is 6. The molecule has 9 nitrogen and oxygen atoms in total. The van der Waals surface area contributed by atoms with E-state index in [-0.39, 0.29) is 24.6 Å². The van der Waals surface area contributed by atoms with Crippen molar-refractivity contribution in [1.82, 2.24) is 9.13 Å². The van der Waals surface area contributed by atoms with Gasteiger partial charge in [-0.15, -0.1) is 0 Å². The van der Waals surface area contributed by atoms with Gasteiger partial charge in [0, 0.05) is 44.7 Å². The lowest BCUT2D eigenvalue weighted by molar-refractivity contribution is -0.116. The molecule has 0 saturated carbocycles. The van der Waals surface area contributed by atoms with E-state index in [0.717, 1.165) is 29.8 Å². The number of ether oxygens (including phenoxy) is 3. The number of para-hydroxylation sites is 2. The predicted molar refractivity (Wildman–Crippen MR) is 137 cm³/mol. The average molecular weight is 483 g/mol. The minimum Gasteiger partial charge on any atom is -0.492 e. The highest BCUT2D eigenvalue weighted by Gasteiger charge is 2.21. The van der Waals surface area contributed by atoms with Crippen molar-refractivity contribution in [2.24, 2.45) is 0 Å². The molecule has 35 heavy (non-hydrogen) atoms. The van der Waals surface area contributed by atoms with Crippen molar-refractivity contribution in [3.63, 3.8) is 0 Å². The van der Waals surface area contributed by atoms with Gasteiger partial charge >= 0.3 is 5.69 Å². The minimum atomic E-state index is -0.201. The largest absolute Gasteiger partial charge is 0.492 e. The zero-order valence-electron chi connectivity index (χ0n) is 20.7. The molecule has 1 aliphatic heterocycles. The average Bonchev–Trinajstić information content (AvgIpc) is 3.15. The van der Waals surface area contributed by atoms with E-state index in [4.69, 9.17) is 14.2 Å². The number of amides is 1. The van der Waals surface area contributed by atoms with Crippen molar-refractivity contribution in [3.05, 3.63) is 46.9 Å². The van der Waals surface area contributed by atoms with E-state index in [9.17, 15) is 9.59 Å². The van der Waals surface area contributed by atoms with E-state index in [1.54, 1.807) is 9.13 Å². The Morgan fingerprint density at radius 3 is 2.29 bits per heavy atom. The normalized spacial score (nSPS) is 13.7. The standard InChI is InChI=1S/C26H34N4O5/c1-4-29-20-9-7-8-10-21(20)30(26(29)32)12-11-25(31)27-19-17-24(35-6-3)22(18-23(19)34-5-2)28-13-15-33-16-14-28/h7-10,17-18H,4-6,11-16H2,1-3H3,(H,27,31). The number of fused-ring (bicyclic) bond motifs is 1. The van der Waals surface area contributed by atoms with E-state index < -0.39 is 0 Å². The molecule has 3 aromatic rings. The number of nitrogens with one attached hydrogen (secondary N) is 1. The van der Waals surface area contributed by atoms with Crippen LogP contribution in [0.1, 0.15) is 27.2 Å². The van der Waals surface area contributed by atoms with Crippen LogP contribution in [0, 0.1) is 0 Å². The van der Waals surface area contributed by atoms with Crippen LogP contribution in [-0.2, 0) is 22.6 Å². The number of carbonyl (C=O) groups is 1. The van der Waals surface area contributed by atoms with Gasteiger partial charge in [0.25, 0.3) is 0 Å². The molecule has 1 aromatic heterocycles. The fourth-order valence-electron chi connectivity index (χ4n) is 4.46. The fraction of sp³-hybridized carbons (Fsp3) is 0.462. The number of benzene rings is 2. The summed E-state index contributed by atoms with van der Waals surface area (Å²) in [6, 6.07) is 11.4. The van der Waals surface area contributed by atoms with E-state index in [0.29, 0.717) is 50.2 Å². The fourth-order valence-corrected chi connectivity index (χ4v) is 4.46. The molecule has 0 unspecified atom stereocenters. The predicted octanol–water partition coefficient (Wildman–Crippen LogP) is 3.49. The molecule has 2 heterocycles. The van der Waals surface area contributed by atoms with Crippen molar-refractivity contribution in [2.75, 3.05) is 49.7 Å². The molecule has 0 bridgehead atoms. The number of imidazole rings is 1. The summed E-state index contributed by atoms with van der Waals surface area (Å²) in [5.74, 6) is 1.08. The van der Waals surface area contributed by atoms with Crippen molar-refractivity contribution >= 4 is 28.3 Å². The number of nitrogens with zero attached hydrogens (tertiary/aromatic N) is 3. The van der Waals surface area contributed by atoms with Gasteiger partial charge in [-0.25, -0.2) is 4.79 Å². The number of rotatable bonds is 10. The van der Waals surface area contributed by atoms with Gasteiger partial charge in [-0.05, 0) is 32.9 Å². The van der Waals surface area contributed by atoms with Crippen molar-refractivity contribution in [2.45, 2.75) is 40.3 Å². The Kier molecular flexibility index (Phi) is 7.97. The zero-order chi connectivity index (χ0) is 24.8. The van der Waals surface area contributed by atoms with Crippen LogP contribution in [0.25, 0.3) is 11.0 Å². The van der Waals surface area contributed by atoms with Crippen LogP contribution in [0.15, 0.2) is 41.2 Å². The number of carbonyl (C=O) groups excluding carboxylic acids is 1. The second-order valence-electron chi connectivity index (χ2n) is 8.25. The molecule has 1 amide bonds. The van der Waals surface area contributed by atoms with Crippen LogP contribution in [0.2, 0.25) is 0 Å². The molecule has 188 valence electrons.